The summed E-state index contributed by atoms with van der Waals surface area (Å²) in [7, 11) is 0. The van der Waals surface area contributed by atoms with Gasteiger partial charge in [-0.25, -0.2) is 29.9 Å². The van der Waals surface area contributed by atoms with E-state index in [2.05, 4.69) is 29.9 Å². The summed E-state index contributed by atoms with van der Waals surface area (Å²) in [6.07, 6.45) is -0.612. The fraction of sp³-hybridized carbons (Fsp3) is 0.500. The summed E-state index contributed by atoms with van der Waals surface area (Å²) in [5.74, 6) is 0.325. The lowest BCUT2D eigenvalue weighted by molar-refractivity contribution is -0.0579. The quantitative estimate of drug-likeness (QED) is 0.131. The van der Waals surface area contributed by atoms with Crippen LogP contribution >= 0.6 is 13.4 Å². The Bertz CT molecular complexity index is 1700. The van der Waals surface area contributed by atoms with Gasteiger partial charge in [0.15, 0.2) is 35.4 Å². The van der Waals surface area contributed by atoms with E-state index in [1.165, 1.54) is 34.4 Å². The van der Waals surface area contributed by atoms with E-state index in [-0.39, 0.29) is 24.8 Å². The Balaban J connectivity index is 1.17. The SMILES string of the molecule is Nc1ncnc2c1ncn2[C@@H]1O[C@@H]2COP(O)(=S)O[C@@H]3C(N)[C@H](n4cnc5c(N)ncnc54)O[C@@H]3COP(O)(=S)O[C@@H]2C1N. The van der Waals surface area contributed by atoms with Crippen molar-refractivity contribution in [2.24, 2.45) is 11.5 Å². The first-order chi connectivity index (χ1) is 20.9. The van der Waals surface area contributed by atoms with E-state index in [9.17, 15) is 9.79 Å². The lowest BCUT2D eigenvalue weighted by Gasteiger charge is -2.30. The highest BCUT2D eigenvalue weighted by Crippen LogP contribution is 2.53. The van der Waals surface area contributed by atoms with Crippen LogP contribution in [0, 0.1) is 0 Å². The van der Waals surface area contributed by atoms with Crippen LogP contribution in [0.15, 0.2) is 25.3 Å². The highest BCUT2D eigenvalue weighted by molar-refractivity contribution is 8.07. The predicted molar refractivity (Wildman–Crippen MR) is 158 cm³/mol. The topological polar surface area (TPSA) is 287 Å². The van der Waals surface area contributed by atoms with Gasteiger partial charge < -0.3 is 60.3 Å². The van der Waals surface area contributed by atoms with Gasteiger partial charge in [0.1, 0.15) is 48.1 Å². The smallest absolute Gasteiger partial charge is 0.325 e. The molecule has 0 aliphatic carbocycles. The van der Waals surface area contributed by atoms with Crippen LogP contribution in [-0.2, 0) is 51.2 Å². The first-order valence-corrected chi connectivity index (χ1v) is 18.1. The Morgan fingerprint density at radius 2 is 1.11 bits per heavy atom. The molecular weight excluding hydrogens is 662 g/mol. The van der Waals surface area contributed by atoms with Gasteiger partial charge >= 0.3 is 13.4 Å². The summed E-state index contributed by atoms with van der Waals surface area (Å²) in [6.45, 7) is -8.71. The van der Waals surface area contributed by atoms with Gasteiger partial charge in [-0.3, -0.25) is 9.13 Å². The lowest BCUT2D eigenvalue weighted by Crippen LogP contribution is -2.43. The fourth-order valence-electron chi connectivity index (χ4n) is 5.38. The molecule has 0 radical (unpaired) electrons. The van der Waals surface area contributed by atoms with Gasteiger partial charge in [-0.1, -0.05) is 0 Å². The second-order valence-electron chi connectivity index (χ2n) is 10.1. The molecule has 10 atom stereocenters. The summed E-state index contributed by atoms with van der Waals surface area (Å²) in [6, 6.07) is -1.90. The molecule has 4 aromatic heterocycles. The molecule has 7 heterocycles. The third kappa shape index (κ3) is 5.29. The van der Waals surface area contributed by atoms with Crippen molar-refractivity contribution in [3.8, 4) is 0 Å². The number of imidazole rings is 2. The van der Waals surface area contributed by atoms with Crippen molar-refractivity contribution in [3.63, 3.8) is 0 Å². The molecule has 0 amide bonds. The van der Waals surface area contributed by atoms with Crippen LogP contribution in [0.3, 0.4) is 0 Å². The van der Waals surface area contributed by atoms with Crippen molar-refractivity contribution in [2.75, 3.05) is 24.7 Å². The van der Waals surface area contributed by atoms with Gasteiger partial charge in [0.05, 0.1) is 38.0 Å². The number of nitrogens with zero attached hydrogens (tertiary/aromatic N) is 8. The molecular formula is C20H26N12O8P2S2. The maximum absolute atomic E-state index is 11.1. The number of fused-ring (bicyclic) bond motifs is 4. The highest BCUT2D eigenvalue weighted by Gasteiger charge is 2.51. The van der Waals surface area contributed by atoms with E-state index < -0.39 is 62.4 Å². The molecule has 236 valence electrons. The minimum absolute atomic E-state index is 0.163. The van der Waals surface area contributed by atoms with E-state index >= 15 is 0 Å². The van der Waals surface area contributed by atoms with Crippen molar-refractivity contribution in [3.05, 3.63) is 25.3 Å². The van der Waals surface area contributed by atoms with E-state index in [0.29, 0.717) is 22.3 Å². The van der Waals surface area contributed by atoms with E-state index in [1.807, 2.05) is 0 Å². The number of rotatable bonds is 2. The Labute approximate surface area is 257 Å². The molecule has 3 aliphatic heterocycles. The second-order valence-corrected chi connectivity index (χ2v) is 15.7. The van der Waals surface area contributed by atoms with Crippen molar-refractivity contribution in [1.29, 1.82) is 0 Å². The number of hydrogen-bond donors (Lipinski definition) is 6. The summed E-state index contributed by atoms with van der Waals surface area (Å²) >= 11 is 10.7. The van der Waals surface area contributed by atoms with Crippen LogP contribution in [0.2, 0.25) is 0 Å². The summed E-state index contributed by atoms with van der Waals surface area (Å²) in [5, 5.41) is 0. The molecule has 4 aromatic rings. The second kappa shape index (κ2) is 11.1. The van der Waals surface area contributed by atoms with Crippen molar-refractivity contribution < 1.29 is 37.4 Å². The largest absolute Gasteiger partial charge is 0.382 e. The maximum Gasteiger partial charge on any atom is 0.325 e. The normalized spacial score (nSPS) is 38.3. The molecule has 44 heavy (non-hydrogen) atoms. The lowest BCUT2D eigenvalue weighted by atomic mass is 10.1. The predicted octanol–water partition coefficient (Wildman–Crippen LogP) is -1.47. The molecule has 0 spiro atoms. The van der Waals surface area contributed by atoms with E-state index in [0.717, 1.165) is 0 Å². The zero-order chi connectivity index (χ0) is 31.0. The van der Waals surface area contributed by atoms with Gasteiger partial charge in [-0.2, -0.15) is 0 Å². The molecule has 4 unspecified atom stereocenters. The Morgan fingerprint density at radius 1 is 0.705 bits per heavy atom. The Morgan fingerprint density at radius 3 is 1.52 bits per heavy atom. The number of nitrogen functional groups attached to an aromatic ring is 2. The number of hydrogen-bond acceptors (Lipinski definition) is 18. The maximum atomic E-state index is 11.1. The molecule has 3 saturated heterocycles. The number of anilines is 2. The molecule has 20 nitrogen and oxygen atoms in total. The molecule has 3 fully saturated rings. The summed E-state index contributed by atoms with van der Waals surface area (Å²) < 4.78 is 38.5. The third-order valence-corrected chi connectivity index (χ3v) is 10.5. The third-order valence-electron chi connectivity index (χ3n) is 7.41. The molecule has 0 aromatic carbocycles. The monoisotopic (exact) mass is 688 g/mol. The van der Waals surface area contributed by atoms with Crippen LogP contribution in [0.25, 0.3) is 22.3 Å². The number of nitrogens with two attached hydrogens (primary N) is 4. The molecule has 0 saturated carbocycles. The van der Waals surface area contributed by atoms with Crippen molar-refractivity contribution in [1.82, 2.24) is 39.0 Å². The zero-order valence-electron chi connectivity index (χ0n) is 22.3. The minimum atomic E-state index is -4.00. The molecule has 3 aliphatic rings. The fourth-order valence-corrected chi connectivity index (χ4v) is 8.30. The molecule has 7 rings (SSSR count). The average molecular weight is 689 g/mol. The van der Waals surface area contributed by atoms with Gasteiger partial charge in [0.2, 0.25) is 0 Å². The first-order valence-electron chi connectivity index (χ1n) is 12.9. The number of aromatic nitrogens is 8. The van der Waals surface area contributed by atoms with Gasteiger partial charge in [0.25, 0.3) is 0 Å². The van der Waals surface area contributed by atoms with E-state index in [4.69, 9.17) is 74.1 Å². The van der Waals surface area contributed by atoms with Crippen molar-refractivity contribution >= 4 is 71.0 Å². The zero-order valence-corrected chi connectivity index (χ0v) is 25.7. The average Bonchev–Trinajstić information content (AvgIpc) is 3.73. The number of ether oxygens (including phenoxy) is 2. The summed E-state index contributed by atoms with van der Waals surface area (Å²) in [4.78, 5) is 47.0. The Hall–Kier alpha value is -2.40. The Kier molecular flexibility index (Phi) is 7.66. The molecule has 10 N–H and O–H groups in total. The van der Waals surface area contributed by atoms with Crippen molar-refractivity contribution in [2.45, 2.75) is 49.0 Å². The van der Waals surface area contributed by atoms with Crippen LogP contribution < -0.4 is 22.9 Å². The highest BCUT2D eigenvalue weighted by atomic mass is 32.5. The van der Waals surface area contributed by atoms with Gasteiger partial charge in [-0.15, -0.1) is 0 Å². The standard InChI is InChI=1S/C20H26N12O8P2S2/c21-9-13-7(37-19(9)31-5-29-11-15(23)25-3-27-17(11)31)1-35-41(33,43)40-14-8(2-36-42(34,44)39-13)38-20(10(14)22)32-6-30-12-16(24)26-4-28-18(12)32/h3-10,13-14,19-20H,1-2,21-22H2,(H,33,43)(H,34,44)(H2,23,25,27)(H2,24,26,28)/t7-,8-,9?,10?,13+,14+,19-,20-,41?,42?/m1/s1. The summed E-state index contributed by atoms with van der Waals surface area (Å²) in [5.41, 5.74) is 26.3. The first kappa shape index (κ1) is 30.3. The van der Waals surface area contributed by atoms with Crippen LogP contribution in [0.5, 0.6) is 0 Å². The van der Waals surface area contributed by atoms with Crippen LogP contribution in [-0.4, -0.2) is 98.5 Å². The molecule has 0 bridgehead atoms. The minimum Gasteiger partial charge on any atom is -0.382 e. The van der Waals surface area contributed by atoms with Crippen LogP contribution in [0.1, 0.15) is 12.5 Å². The van der Waals surface area contributed by atoms with E-state index in [1.54, 1.807) is 0 Å². The van der Waals surface area contributed by atoms with Gasteiger partial charge in [-0.05, 0) is 23.6 Å². The molecule has 24 heteroatoms. The van der Waals surface area contributed by atoms with Crippen LogP contribution in [0.4, 0.5) is 11.6 Å². The van der Waals surface area contributed by atoms with Gasteiger partial charge in [0, 0.05) is 0 Å².